The number of carbonyl (C=O) groups is 1. The molecule has 1 aromatic heterocycles. The van der Waals surface area contributed by atoms with Crippen molar-refractivity contribution in [1.29, 1.82) is 0 Å². The first-order valence-corrected chi connectivity index (χ1v) is 11.2. The van der Waals surface area contributed by atoms with Gasteiger partial charge < -0.3 is 14.8 Å². The van der Waals surface area contributed by atoms with Gasteiger partial charge in [0.1, 0.15) is 17.3 Å². The number of carbonyl (C=O) groups excluding carboxylic acids is 1. The lowest BCUT2D eigenvalue weighted by molar-refractivity contribution is -0.121. The van der Waals surface area contributed by atoms with Gasteiger partial charge in [0.15, 0.2) is 0 Å². The average Bonchev–Trinajstić information content (AvgIpc) is 2.87. The van der Waals surface area contributed by atoms with Gasteiger partial charge in [-0.1, -0.05) is 24.3 Å². The van der Waals surface area contributed by atoms with Crippen LogP contribution in [0.5, 0.6) is 11.5 Å². The molecule has 7 heteroatoms. The van der Waals surface area contributed by atoms with Crippen molar-refractivity contribution in [2.45, 2.75) is 26.3 Å². The summed E-state index contributed by atoms with van der Waals surface area (Å²) in [6, 6.07) is 22.1. The van der Waals surface area contributed by atoms with E-state index in [1.165, 1.54) is 0 Å². The molecule has 1 N–H and O–H groups in total. The Morgan fingerprint density at radius 1 is 0.971 bits per heavy atom. The number of aryl methyl sites for hydroxylation is 1. The van der Waals surface area contributed by atoms with Crippen LogP contribution in [0, 0.1) is 0 Å². The predicted molar refractivity (Wildman–Crippen MR) is 132 cm³/mol. The van der Waals surface area contributed by atoms with Gasteiger partial charge in [0.2, 0.25) is 5.91 Å². The summed E-state index contributed by atoms with van der Waals surface area (Å²) in [5.41, 5.74) is 2.11. The van der Waals surface area contributed by atoms with E-state index >= 15 is 0 Å². The molecule has 0 radical (unpaired) electrons. The summed E-state index contributed by atoms with van der Waals surface area (Å²) >= 11 is 0. The molecule has 7 nitrogen and oxygen atoms in total. The number of aromatic nitrogens is 2. The molecule has 4 rings (SSSR count). The first kappa shape index (κ1) is 23.0. The van der Waals surface area contributed by atoms with Crippen LogP contribution in [0.4, 0.5) is 0 Å². The molecule has 1 amide bonds. The second kappa shape index (κ2) is 10.7. The summed E-state index contributed by atoms with van der Waals surface area (Å²) in [5.74, 6) is 1.92. The number of ether oxygens (including phenoxy) is 2. The molecule has 0 aliphatic heterocycles. The lowest BCUT2D eigenvalue weighted by Gasteiger charge is -2.14. The van der Waals surface area contributed by atoms with E-state index in [0.29, 0.717) is 42.0 Å². The van der Waals surface area contributed by atoms with Gasteiger partial charge in [0.05, 0.1) is 30.3 Å². The molecular weight excluding hydrogens is 430 g/mol. The number of amides is 1. The third-order valence-corrected chi connectivity index (χ3v) is 5.48. The molecular formula is C27H27N3O4. The first-order chi connectivity index (χ1) is 16.6. The quantitative estimate of drug-likeness (QED) is 0.410. The Labute approximate surface area is 198 Å². The summed E-state index contributed by atoms with van der Waals surface area (Å²) in [4.78, 5) is 30.6. The van der Waals surface area contributed by atoms with Crippen molar-refractivity contribution in [3.8, 4) is 17.2 Å². The monoisotopic (exact) mass is 457 g/mol. The highest BCUT2D eigenvalue weighted by molar-refractivity contribution is 5.78. The SMILES string of the molecule is CCOc1ccc(-n2c(CCC(=O)NCc3ccc(OC)cc3)nc3ccccc3c2=O)cc1. The van der Waals surface area contributed by atoms with E-state index in [2.05, 4.69) is 5.32 Å². The van der Waals surface area contributed by atoms with Crippen molar-refractivity contribution in [2.24, 2.45) is 0 Å². The van der Waals surface area contributed by atoms with Crippen LogP contribution in [0.2, 0.25) is 0 Å². The van der Waals surface area contributed by atoms with Crippen molar-refractivity contribution in [3.05, 3.63) is 94.5 Å². The molecule has 4 aromatic rings. The van der Waals surface area contributed by atoms with Gasteiger partial charge in [-0.05, 0) is 61.0 Å². The van der Waals surface area contributed by atoms with Gasteiger partial charge in [0.25, 0.3) is 5.56 Å². The van der Waals surface area contributed by atoms with Crippen LogP contribution in [0.1, 0.15) is 24.7 Å². The van der Waals surface area contributed by atoms with Crippen LogP contribution < -0.4 is 20.3 Å². The Morgan fingerprint density at radius 3 is 2.38 bits per heavy atom. The molecule has 34 heavy (non-hydrogen) atoms. The fourth-order valence-corrected chi connectivity index (χ4v) is 3.73. The van der Waals surface area contributed by atoms with Gasteiger partial charge in [-0.3, -0.25) is 14.2 Å². The maximum Gasteiger partial charge on any atom is 0.265 e. The number of hydrogen-bond donors (Lipinski definition) is 1. The summed E-state index contributed by atoms with van der Waals surface area (Å²) in [6.45, 7) is 2.90. The lowest BCUT2D eigenvalue weighted by Crippen LogP contribution is -2.27. The van der Waals surface area contributed by atoms with E-state index in [-0.39, 0.29) is 17.9 Å². The molecule has 0 aliphatic carbocycles. The number of nitrogens with zero attached hydrogens (tertiary/aromatic N) is 2. The van der Waals surface area contributed by atoms with Crippen molar-refractivity contribution in [1.82, 2.24) is 14.9 Å². The zero-order valence-corrected chi connectivity index (χ0v) is 19.3. The predicted octanol–water partition coefficient (Wildman–Crippen LogP) is 4.04. The Bertz CT molecular complexity index is 1330. The zero-order valence-electron chi connectivity index (χ0n) is 19.3. The maximum atomic E-state index is 13.3. The van der Waals surface area contributed by atoms with E-state index < -0.39 is 0 Å². The van der Waals surface area contributed by atoms with Gasteiger partial charge in [-0.25, -0.2) is 4.98 Å². The van der Waals surface area contributed by atoms with Crippen LogP contribution >= 0.6 is 0 Å². The molecule has 0 saturated heterocycles. The van der Waals surface area contributed by atoms with Crippen LogP contribution in [0.3, 0.4) is 0 Å². The maximum absolute atomic E-state index is 13.3. The fraction of sp³-hybridized carbons (Fsp3) is 0.222. The molecule has 1 heterocycles. The lowest BCUT2D eigenvalue weighted by atomic mass is 10.2. The van der Waals surface area contributed by atoms with Gasteiger partial charge in [0, 0.05) is 19.4 Å². The second-order valence-electron chi connectivity index (χ2n) is 7.74. The average molecular weight is 458 g/mol. The van der Waals surface area contributed by atoms with Crippen molar-refractivity contribution in [3.63, 3.8) is 0 Å². The Balaban J connectivity index is 1.55. The van der Waals surface area contributed by atoms with E-state index in [1.54, 1.807) is 17.7 Å². The molecule has 0 aliphatic rings. The minimum Gasteiger partial charge on any atom is -0.497 e. The highest BCUT2D eigenvalue weighted by Gasteiger charge is 2.14. The first-order valence-electron chi connectivity index (χ1n) is 11.2. The van der Waals surface area contributed by atoms with Crippen LogP contribution in [0.25, 0.3) is 16.6 Å². The van der Waals surface area contributed by atoms with Gasteiger partial charge in [-0.2, -0.15) is 0 Å². The molecule has 0 fully saturated rings. The van der Waals surface area contributed by atoms with Gasteiger partial charge in [-0.15, -0.1) is 0 Å². The smallest absolute Gasteiger partial charge is 0.265 e. The molecule has 174 valence electrons. The standard InChI is InChI=1S/C27H27N3O4/c1-3-34-22-14-10-20(11-15-22)30-25(29-24-7-5-4-6-23(24)27(30)32)16-17-26(31)28-18-19-8-12-21(33-2)13-9-19/h4-15H,3,16-18H2,1-2H3,(H,28,31). The Hall–Kier alpha value is -4.13. The number of hydrogen-bond acceptors (Lipinski definition) is 5. The van der Waals surface area contributed by atoms with Gasteiger partial charge >= 0.3 is 0 Å². The number of nitrogens with one attached hydrogen (secondary N) is 1. The Kier molecular flexibility index (Phi) is 7.22. The Morgan fingerprint density at radius 2 is 1.68 bits per heavy atom. The summed E-state index contributed by atoms with van der Waals surface area (Å²) in [7, 11) is 1.62. The van der Waals surface area contributed by atoms with Crippen molar-refractivity contribution in [2.75, 3.05) is 13.7 Å². The van der Waals surface area contributed by atoms with E-state index in [9.17, 15) is 9.59 Å². The van der Waals surface area contributed by atoms with Crippen LogP contribution in [0.15, 0.2) is 77.6 Å². The topological polar surface area (TPSA) is 82.4 Å². The van der Waals surface area contributed by atoms with Crippen molar-refractivity contribution < 1.29 is 14.3 Å². The highest BCUT2D eigenvalue weighted by Crippen LogP contribution is 2.18. The molecule has 0 atom stereocenters. The van der Waals surface area contributed by atoms with Crippen LogP contribution in [-0.4, -0.2) is 29.2 Å². The number of fused-ring (bicyclic) bond motifs is 1. The van der Waals surface area contributed by atoms with Crippen molar-refractivity contribution >= 4 is 16.8 Å². The molecule has 3 aromatic carbocycles. The number of para-hydroxylation sites is 1. The molecule has 0 bridgehead atoms. The molecule has 0 spiro atoms. The minimum absolute atomic E-state index is 0.114. The highest BCUT2D eigenvalue weighted by atomic mass is 16.5. The normalized spacial score (nSPS) is 10.8. The number of rotatable bonds is 9. The largest absolute Gasteiger partial charge is 0.497 e. The third kappa shape index (κ3) is 5.26. The van der Waals surface area contributed by atoms with E-state index in [1.807, 2.05) is 73.7 Å². The second-order valence-corrected chi connectivity index (χ2v) is 7.74. The number of methoxy groups -OCH3 is 1. The van der Waals surface area contributed by atoms with Crippen LogP contribution in [-0.2, 0) is 17.8 Å². The van der Waals surface area contributed by atoms with E-state index in [0.717, 1.165) is 17.1 Å². The third-order valence-electron chi connectivity index (χ3n) is 5.48. The fourth-order valence-electron chi connectivity index (χ4n) is 3.73. The zero-order chi connectivity index (χ0) is 23.9. The summed E-state index contributed by atoms with van der Waals surface area (Å²) < 4.78 is 12.3. The summed E-state index contributed by atoms with van der Waals surface area (Å²) in [5, 5.41) is 3.46. The number of benzene rings is 3. The minimum atomic E-state index is -0.164. The summed E-state index contributed by atoms with van der Waals surface area (Å²) in [6.07, 6.45) is 0.527. The molecule has 0 unspecified atom stereocenters. The van der Waals surface area contributed by atoms with E-state index in [4.69, 9.17) is 14.5 Å². The molecule has 0 saturated carbocycles.